The molecular formula is C25H35N3O6. The molecular weight excluding hydrogens is 438 g/mol. The van der Waals surface area contributed by atoms with E-state index in [1.54, 1.807) is 0 Å². The van der Waals surface area contributed by atoms with Gasteiger partial charge in [0.1, 0.15) is 12.6 Å². The highest BCUT2D eigenvalue weighted by molar-refractivity contribution is 5.87. The highest BCUT2D eigenvalue weighted by Crippen LogP contribution is 2.22. The molecule has 1 fully saturated rings. The van der Waals surface area contributed by atoms with Crippen molar-refractivity contribution in [2.75, 3.05) is 13.7 Å². The van der Waals surface area contributed by atoms with Crippen molar-refractivity contribution in [1.82, 2.24) is 16.0 Å². The highest BCUT2D eigenvalue weighted by atomic mass is 16.5. The molecule has 0 unspecified atom stereocenters. The van der Waals surface area contributed by atoms with E-state index in [-0.39, 0.29) is 23.8 Å². The van der Waals surface area contributed by atoms with Gasteiger partial charge in [0.05, 0.1) is 7.11 Å². The maximum absolute atomic E-state index is 13.2. The molecule has 1 aliphatic heterocycles. The van der Waals surface area contributed by atoms with E-state index in [0.29, 0.717) is 25.8 Å². The molecule has 0 aliphatic carbocycles. The van der Waals surface area contributed by atoms with Crippen LogP contribution in [0, 0.1) is 11.3 Å². The third-order valence-corrected chi connectivity index (χ3v) is 5.33. The summed E-state index contributed by atoms with van der Waals surface area (Å²) < 4.78 is 9.92. The maximum atomic E-state index is 13.2. The van der Waals surface area contributed by atoms with E-state index in [1.807, 2.05) is 51.1 Å². The normalized spacial score (nSPS) is 17.5. The van der Waals surface area contributed by atoms with Gasteiger partial charge < -0.3 is 25.4 Å². The molecule has 0 spiro atoms. The predicted molar refractivity (Wildman–Crippen MR) is 126 cm³/mol. The van der Waals surface area contributed by atoms with Crippen LogP contribution in [-0.4, -0.2) is 49.6 Å². The standard InChI is InChI=1S/C25H35N3O6/c1-25(2,3)15-20(28-24(32)34-16-17-8-6-5-7-9-17)23(31)27-19(10-11-21(29)33-4)14-18-12-13-26-22(18)30/h5-11,18-20H,12-16H2,1-4H3,(H,26,30)(H,27,31)(H,28,32)/b11-10+/t18-,19+,20-/m0/s1. The van der Waals surface area contributed by atoms with E-state index in [2.05, 4.69) is 20.7 Å². The van der Waals surface area contributed by atoms with Gasteiger partial charge in [-0.3, -0.25) is 9.59 Å². The van der Waals surface area contributed by atoms with Crippen molar-refractivity contribution < 1.29 is 28.7 Å². The number of esters is 1. The van der Waals surface area contributed by atoms with Crippen molar-refractivity contribution in [1.29, 1.82) is 0 Å². The molecule has 0 bridgehead atoms. The summed E-state index contributed by atoms with van der Waals surface area (Å²) in [6.45, 7) is 6.54. The van der Waals surface area contributed by atoms with E-state index in [4.69, 9.17) is 4.74 Å². The van der Waals surface area contributed by atoms with E-state index in [1.165, 1.54) is 19.3 Å². The molecule has 1 aromatic rings. The molecule has 3 amide bonds. The fourth-order valence-electron chi connectivity index (χ4n) is 3.64. The van der Waals surface area contributed by atoms with Crippen molar-refractivity contribution in [3.05, 3.63) is 48.0 Å². The molecule has 34 heavy (non-hydrogen) atoms. The first-order valence-corrected chi connectivity index (χ1v) is 11.4. The zero-order valence-electron chi connectivity index (χ0n) is 20.3. The number of benzene rings is 1. The molecule has 0 saturated carbocycles. The fourth-order valence-corrected chi connectivity index (χ4v) is 3.64. The Kier molecular flexibility index (Phi) is 10.1. The molecule has 9 heteroatoms. The highest BCUT2D eigenvalue weighted by Gasteiger charge is 2.31. The summed E-state index contributed by atoms with van der Waals surface area (Å²) in [5, 5.41) is 8.29. The lowest BCUT2D eigenvalue weighted by Crippen LogP contribution is -2.51. The van der Waals surface area contributed by atoms with Gasteiger partial charge in [0, 0.05) is 24.6 Å². The Bertz CT molecular complexity index is 878. The molecule has 1 aromatic carbocycles. The predicted octanol–water partition coefficient (Wildman–Crippen LogP) is 2.46. The first-order chi connectivity index (χ1) is 16.1. The summed E-state index contributed by atoms with van der Waals surface area (Å²) in [6, 6.07) is 7.78. The van der Waals surface area contributed by atoms with Crippen LogP contribution < -0.4 is 16.0 Å². The molecule has 0 radical (unpaired) electrons. The maximum Gasteiger partial charge on any atom is 0.408 e. The molecule has 1 aliphatic rings. The number of hydrogen-bond donors (Lipinski definition) is 3. The van der Waals surface area contributed by atoms with Gasteiger partial charge in [0.15, 0.2) is 0 Å². The Morgan fingerprint density at radius 3 is 2.47 bits per heavy atom. The number of alkyl carbamates (subject to hydrolysis) is 1. The zero-order valence-corrected chi connectivity index (χ0v) is 20.3. The van der Waals surface area contributed by atoms with Gasteiger partial charge in [-0.15, -0.1) is 0 Å². The number of amides is 3. The Hall–Kier alpha value is -3.36. The third-order valence-electron chi connectivity index (χ3n) is 5.33. The molecule has 186 valence electrons. The van der Waals surface area contributed by atoms with Crippen molar-refractivity contribution >= 4 is 23.9 Å². The summed E-state index contributed by atoms with van der Waals surface area (Å²) >= 11 is 0. The first kappa shape index (κ1) is 26.9. The minimum absolute atomic E-state index is 0.0812. The number of rotatable bonds is 10. The van der Waals surface area contributed by atoms with Gasteiger partial charge in [-0.2, -0.15) is 0 Å². The average Bonchev–Trinajstić information content (AvgIpc) is 3.19. The molecule has 1 saturated heterocycles. The number of hydrogen-bond acceptors (Lipinski definition) is 6. The quantitative estimate of drug-likeness (QED) is 0.354. The number of nitrogens with one attached hydrogen (secondary N) is 3. The lowest BCUT2D eigenvalue weighted by Gasteiger charge is -2.27. The van der Waals surface area contributed by atoms with Crippen molar-refractivity contribution in [2.45, 2.75) is 58.7 Å². The van der Waals surface area contributed by atoms with E-state index < -0.39 is 30.1 Å². The molecule has 2 rings (SSSR count). The van der Waals surface area contributed by atoms with Gasteiger partial charge in [0.2, 0.25) is 11.8 Å². The summed E-state index contributed by atoms with van der Waals surface area (Å²) in [7, 11) is 1.26. The Morgan fingerprint density at radius 1 is 1.18 bits per heavy atom. The van der Waals surface area contributed by atoms with Gasteiger partial charge in [0.25, 0.3) is 0 Å². The van der Waals surface area contributed by atoms with E-state index in [0.717, 1.165) is 5.56 Å². The lowest BCUT2D eigenvalue weighted by molar-refractivity contribution is -0.135. The van der Waals surface area contributed by atoms with Gasteiger partial charge in [-0.05, 0) is 30.2 Å². The van der Waals surface area contributed by atoms with E-state index >= 15 is 0 Å². The van der Waals surface area contributed by atoms with Crippen LogP contribution in [0.2, 0.25) is 0 Å². The smallest absolute Gasteiger partial charge is 0.408 e. The molecule has 0 aromatic heterocycles. The SMILES string of the molecule is COC(=O)/C=C/[C@H](C[C@@H]1CCNC1=O)NC(=O)[C@H](CC(C)(C)C)NC(=O)OCc1ccccc1. The number of methoxy groups -OCH3 is 1. The number of carbonyl (C=O) groups is 4. The van der Waals surface area contributed by atoms with Gasteiger partial charge in [-0.1, -0.05) is 57.2 Å². The topological polar surface area (TPSA) is 123 Å². The first-order valence-electron chi connectivity index (χ1n) is 11.4. The minimum Gasteiger partial charge on any atom is -0.466 e. The van der Waals surface area contributed by atoms with E-state index in [9.17, 15) is 19.2 Å². The number of ether oxygens (including phenoxy) is 2. The minimum atomic E-state index is -0.866. The summed E-state index contributed by atoms with van der Waals surface area (Å²) in [4.78, 5) is 49.2. The zero-order chi connectivity index (χ0) is 25.1. The lowest BCUT2D eigenvalue weighted by atomic mass is 9.87. The summed E-state index contributed by atoms with van der Waals surface area (Å²) in [5.41, 5.74) is 0.564. The summed E-state index contributed by atoms with van der Waals surface area (Å²) in [5.74, 6) is -1.36. The second kappa shape index (κ2) is 12.8. The molecule has 3 N–H and O–H groups in total. The van der Waals surface area contributed by atoms with Crippen LogP contribution in [0.1, 0.15) is 45.6 Å². The Morgan fingerprint density at radius 2 is 1.88 bits per heavy atom. The van der Waals surface area contributed by atoms with Crippen LogP contribution in [0.3, 0.4) is 0 Å². The number of carbonyl (C=O) groups excluding carboxylic acids is 4. The summed E-state index contributed by atoms with van der Waals surface area (Å²) in [6.07, 6.45) is 3.36. The van der Waals surface area contributed by atoms with Crippen molar-refractivity contribution in [3.63, 3.8) is 0 Å². The van der Waals surface area contributed by atoms with Gasteiger partial charge >= 0.3 is 12.1 Å². The Labute approximate surface area is 200 Å². The van der Waals surface area contributed by atoms with Crippen molar-refractivity contribution in [3.8, 4) is 0 Å². The third kappa shape index (κ3) is 9.64. The van der Waals surface area contributed by atoms with Crippen LogP contribution in [0.25, 0.3) is 0 Å². The van der Waals surface area contributed by atoms with Crippen LogP contribution >= 0.6 is 0 Å². The molecule has 1 heterocycles. The van der Waals surface area contributed by atoms with Crippen LogP contribution in [0.15, 0.2) is 42.5 Å². The second-order valence-corrected chi connectivity index (χ2v) is 9.53. The van der Waals surface area contributed by atoms with Crippen LogP contribution in [0.4, 0.5) is 4.79 Å². The van der Waals surface area contributed by atoms with Crippen molar-refractivity contribution in [2.24, 2.45) is 11.3 Å². The monoisotopic (exact) mass is 473 g/mol. The second-order valence-electron chi connectivity index (χ2n) is 9.53. The van der Waals surface area contributed by atoms with Crippen LogP contribution in [0.5, 0.6) is 0 Å². The van der Waals surface area contributed by atoms with Crippen LogP contribution in [-0.2, 0) is 30.5 Å². The van der Waals surface area contributed by atoms with Gasteiger partial charge in [-0.25, -0.2) is 9.59 Å². The average molecular weight is 474 g/mol. The molecule has 3 atom stereocenters. The molecule has 9 nitrogen and oxygen atoms in total. The fraction of sp³-hybridized carbons (Fsp3) is 0.520. The Balaban J connectivity index is 2.07. The largest absolute Gasteiger partial charge is 0.466 e.